The summed E-state index contributed by atoms with van der Waals surface area (Å²) in [5.41, 5.74) is 5.16. The van der Waals surface area contributed by atoms with Crippen LogP contribution >= 0.6 is 12.4 Å². The number of nitrogens with two attached hydrogens (primary N) is 1. The van der Waals surface area contributed by atoms with Gasteiger partial charge in [0.05, 0.1) is 0 Å². The zero-order valence-electron chi connectivity index (χ0n) is 5.50. The number of rotatable bonds is 2. The molecule has 3 N–H and O–H groups in total. The van der Waals surface area contributed by atoms with E-state index in [4.69, 9.17) is 10.8 Å². The minimum atomic E-state index is -0.931. The Hall–Kier alpha value is -0.280. The first-order valence-electron chi connectivity index (χ1n) is 2.54. The Morgan fingerprint density at radius 2 is 1.89 bits per heavy atom. The van der Waals surface area contributed by atoms with E-state index in [1.807, 2.05) is 0 Å². The molecule has 0 radical (unpaired) electrons. The van der Waals surface area contributed by atoms with E-state index < -0.39 is 12.0 Å². The highest BCUT2D eigenvalue weighted by atomic mass is 35.5. The lowest BCUT2D eigenvalue weighted by molar-refractivity contribution is -0.139. The quantitative estimate of drug-likeness (QED) is 0.607. The van der Waals surface area contributed by atoms with Gasteiger partial charge in [-0.05, 0) is 5.92 Å². The molecule has 0 saturated carbocycles. The minimum Gasteiger partial charge on any atom is -0.480 e. The molecule has 0 aromatic rings. The molecule has 56 valence electrons. The molecule has 0 amide bonds. The van der Waals surface area contributed by atoms with E-state index in [0.29, 0.717) is 0 Å². The Morgan fingerprint density at radius 3 is 1.89 bits per heavy atom. The first-order valence-corrected chi connectivity index (χ1v) is 2.54. The van der Waals surface area contributed by atoms with Crippen LogP contribution in [0.15, 0.2) is 0 Å². The number of carboxylic acid groups (broad SMARTS) is 1. The van der Waals surface area contributed by atoms with Crippen molar-refractivity contribution in [2.45, 2.75) is 19.9 Å². The highest BCUT2D eigenvalue weighted by molar-refractivity contribution is 5.85. The Balaban J connectivity index is 0. The summed E-state index contributed by atoms with van der Waals surface area (Å²) >= 11 is 0. The van der Waals surface area contributed by atoms with Crippen LogP contribution in [0.25, 0.3) is 0 Å². The number of halogens is 1. The summed E-state index contributed by atoms with van der Waals surface area (Å²) in [6, 6.07) is -0.713. The second-order valence-corrected chi connectivity index (χ2v) is 2.11. The van der Waals surface area contributed by atoms with Gasteiger partial charge in [0.1, 0.15) is 6.04 Å². The van der Waals surface area contributed by atoms with Crippen LogP contribution in [0.4, 0.5) is 0 Å². The van der Waals surface area contributed by atoms with E-state index in [-0.39, 0.29) is 18.3 Å². The van der Waals surface area contributed by atoms with E-state index in [1.165, 1.54) is 0 Å². The minimum absolute atomic E-state index is 0. The van der Waals surface area contributed by atoms with E-state index in [9.17, 15) is 4.79 Å². The molecule has 4 heteroatoms. The number of hydrogen-bond acceptors (Lipinski definition) is 2. The molecule has 0 aliphatic heterocycles. The van der Waals surface area contributed by atoms with Gasteiger partial charge in [-0.1, -0.05) is 13.8 Å². The molecule has 3 nitrogen and oxygen atoms in total. The van der Waals surface area contributed by atoms with Crippen molar-refractivity contribution in [2.24, 2.45) is 11.7 Å². The van der Waals surface area contributed by atoms with Crippen molar-refractivity contribution in [2.75, 3.05) is 0 Å². The molecule has 0 rings (SSSR count). The van der Waals surface area contributed by atoms with E-state index >= 15 is 0 Å². The second-order valence-electron chi connectivity index (χ2n) is 2.11. The van der Waals surface area contributed by atoms with Gasteiger partial charge in [0.2, 0.25) is 0 Å². The molecule has 0 aromatic heterocycles. The smallest absolute Gasteiger partial charge is 0.320 e. The summed E-state index contributed by atoms with van der Waals surface area (Å²) in [5.74, 6) is -0.910. The van der Waals surface area contributed by atoms with Gasteiger partial charge in [-0.3, -0.25) is 4.79 Å². The van der Waals surface area contributed by atoms with E-state index in [1.54, 1.807) is 13.8 Å². The summed E-state index contributed by atoms with van der Waals surface area (Å²) in [7, 11) is 0. The Bertz CT molecular complexity index is 95.0. The summed E-state index contributed by atoms with van der Waals surface area (Å²) in [5, 5.41) is 8.23. The van der Waals surface area contributed by atoms with Crippen molar-refractivity contribution in [1.29, 1.82) is 0 Å². The van der Waals surface area contributed by atoms with Crippen molar-refractivity contribution in [3.05, 3.63) is 0 Å². The first-order chi connectivity index (χ1) is 3.55. The van der Waals surface area contributed by atoms with Gasteiger partial charge < -0.3 is 10.8 Å². The van der Waals surface area contributed by atoms with E-state index in [2.05, 4.69) is 0 Å². The molecule has 0 unspecified atom stereocenters. The number of carboxylic acids is 1. The lowest BCUT2D eigenvalue weighted by Gasteiger charge is -2.07. The van der Waals surface area contributed by atoms with Crippen molar-refractivity contribution >= 4 is 18.4 Å². The number of aliphatic carboxylic acids is 1. The summed E-state index contributed by atoms with van der Waals surface area (Å²) < 4.78 is 0. The third kappa shape index (κ3) is 4.24. The van der Waals surface area contributed by atoms with Crippen LogP contribution in [0.2, 0.25) is 0 Å². The number of hydrogen-bond donors (Lipinski definition) is 2. The van der Waals surface area contributed by atoms with Crippen LogP contribution in [-0.4, -0.2) is 17.1 Å². The van der Waals surface area contributed by atoms with Crippen LogP contribution in [0.3, 0.4) is 0 Å². The SMILES string of the molecule is CC(C)[C@H](N)C(=O)O.Cl. The van der Waals surface area contributed by atoms with Gasteiger partial charge in [0.15, 0.2) is 0 Å². The predicted octanol–water partition coefficient (Wildman–Crippen LogP) is 0.476. The molecule has 0 saturated heterocycles. The van der Waals surface area contributed by atoms with Crippen molar-refractivity contribution in [1.82, 2.24) is 0 Å². The highest BCUT2D eigenvalue weighted by Gasteiger charge is 2.14. The molecule has 0 aromatic carbocycles. The van der Waals surface area contributed by atoms with Crippen LogP contribution in [0.1, 0.15) is 13.8 Å². The molecule has 9 heavy (non-hydrogen) atoms. The van der Waals surface area contributed by atoms with Crippen molar-refractivity contribution in [3.63, 3.8) is 0 Å². The standard InChI is InChI=1S/C5H11NO2.ClH/c1-3(2)4(6)5(7)8;/h3-4H,6H2,1-2H3,(H,7,8);1H/t4-;/m0./s1. The molecule has 0 fully saturated rings. The second kappa shape index (κ2) is 4.58. The molecule has 0 heterocycles. The summed E-state index contributed by atoms with van der Waals surface area (Å²) in [4.78, 5) is 10.0. The van der Waals surface area contributed by atoms with Gasteiger partial charge in [0.25, 0.3) is 0 Å². The maximum atomic E-state index is 10.0. The Kier molecular flexibility index (Phi) is 5.86. The molecule has 0 aliphatic rings. The average molecular weight is 154 g/mol. The fourth-order valence-corrected chi connectivity index (χ4v) is 0.285. The summed E-state index contributed by atoms with van der Waals surface area (Å²) in [6.07, 6.45) is 0. The molecule has 0 aliphatic carbocycles. The van der Waals surface area contributed by atoms with E-state index in [0.717, 1.165) is 0 Å². The predicted molar refractivity (Wildman–Crippen MR) is 37.7 cm³/mol. The van der Waals surface area contributed by atoms with Crippen LogP contribution in [-0.2, 0) is 4.79 Å². The largest absolute Gasteiger partial charge is 0.480 e. The van der Waals surface area contributed by atoms with Crippen LogP contribution in [0, 0.1) is 5.92 Å². The lowest BCUT2D eigenvalue weighted by atomic mass is 10.1. The fourth-order valence-electron chi connectivity index (χ4n) is 0.285. The van der Waals surface area contributed by atoms with Gasteiger partial charge in [-0.15, -0.1) is 12.4 Å². The molecule has 1 atom stereocenters. The zero-order chi connectivity index (χ0) is 6.73. The third-order valence-corrected chi connectivity index (χ3v) is 1.00. The maximum Gasteiger partial charge on any atom is 0.320 e. The molecular formula is C5H12ClNO2. The maximum absolute atomic E-state index is 10.0. The monoisotopic (exact) mass is 153 g/mol. The number of carbonyl (C=O) groups is 1. The highest BCUT2D eigenvalue weighted by Crippen LogP contribution is 1.96. The van der Waals surface area contributed by atoms with Gasteiger partial charge in [0, 0.05) is 0 Å². The normalized spacial score (nSPS) is 12.4. The Morgan fingerprint density at radius 1 is 1.56 bits per heavy atom. The zero-order valence-corrected chi connectivity index (χ0v) is 6.31. The van der Waals surface area contributed by atoms with Crippen LogP contribution < -0.4 is 5.73 Å². The van der Waals surface area contributed by atoms with Gasteiger partial charge in [-0.2, -0.15) is 0 Å². The lowest BCUT2D eigenvalue weighted by Crippen LogP contribution is -2.34. The molecule has 0 bridgehead atoms. The van der Waals surface area contributed by atoms with Gasteiger partial charge in [-0.25, -0.2) is 0 Å². The first kappa shape index (κ1) is 11.5. The average Bonchev–Trinajstić information content (AvgIpc) is 1.64. The van der Waals surface area contributed by atoms with Crippen LogP contribution in [0.5, 0.6) is 0 Å². The Labute approximate surface area is 60.6 Å². The molecular weight excluding hydrogens is 142 g/mol. The van der Waals surface area contributed by atoms with Gasteiger partial charge >= 0.3 is 5.97 Å². The fraction of sp³-hybridized carbons (Fsp3) is 0.800. The topological polar surface area (TPSA) is 63.3 Å². The summed E-state index contributed by atoms with van der Waals surface area (Å²) in [6.45, 7) is 3.55. The molecule has 0 spiro atoms. The van der Waals surface area contributed by atoms with Crippen molar-refractivity contribution in [3.8, 4) is 0 Å². The third-order valence-electron chi connectivity index (χ3n) is 1.00. The van der Waals surface area contributed by atoms with Crippen molar-refractivity contribution < 1.29 is 9.90 Å².